The Balaban J connectivity index is 1.97. The van der Waals surface area contributed by atoms with E-state index in [-0.39, 0.29) is 23.9 Å². The molecule has 0 saturated heterocycles. The second-order valence-electron chi connectivity index (χ2n) is 5.38. The number of hydrogen-bond acceptors (Lipinski definition) is 4. The molecule has 0 aromatic carbocycles. The minimum atomic E-state index is -2.29. The quantitative estimate of drug-likeness (QED) is 0.599. The van der Waals surface area contributed by atoms with Gasteiger partial charge < -0.3 is 4.90 Å². The van der Waals surface area contributed by atoms with Gasteiger partial charge in [-0.25, -0.2) is 13.5 Å². The van der Waals surface area contributed by atoms with Crippen molar-refractivity contribution in [3.05, 3.63) is 17.4 Å². The Morgan fingerprint density at radius 1 is 1.48 bits per heavy atom. The van der Waals surface area contributed by atoms with E-state index in [1.54, 1.807) is 22.0 Å². The van der Waals surface area contributed by atoms with Crippen LogP contribution in [0.4, 0.5) is 14.5 Å². The molecule has 0 atom stereocenters. The molecule has 9 heteroatoms. The van der Waals surface area contributed by atoms with Crippen molar-refractivity contribution >= 4 is 46.9 Å². The van der Waals surface area contributed by atoms with Crippen LogP contribution >= 0.6 is 23.4 Å². The number of halogens is 3. The Kier molecular flexibility index (Phi) is 7.90. The summed E-state index contributed by atoms with van der Waals surface area (Å²) >= 11 is 7.57. The van der Waals surface area contributed by atoms with Crippen LogP contribution in [0.3, 0.4) is 0 Å². The highest BCUT2D eigenvalue weighted by molar-refractivity contribution is 7.99. The second kappa shape index (κ2) is 9.91. The Hall–Kier alpha value is -1.41. The molecule has 0 aliphatic carbocycles. The fraction of sp³-hybridized carbons (Fsp3) is 0.562. The van der Waals surface area contributed by atoms with Gasteiger partial charge in [-0.1, -0.05) is 17.7 Å². The Labute approximate surface area is 155 Å². The van der Waals surface area contributed by atoms with Crippen LogP contribution in [0.5, 0.6) is 0 Å². The van der Waals surface area contributed by atoms with Gasteiger partial charge in [0.15, 0.2) is 5.15 Å². The number of alkyl halides is 2. The number of rotatable bonds is 9. The zero-order valence-corrected chi connectivity index (χ0v) is 15.6. The van der Waals surface area contributed by atoms with Crippen LogP contribution in [0, 0.1) is 0 Å². The lowest BCUT2D eigenvalue weighted by molar-refractivity contribution is -0.118. The molecule has 138 valence electrons. The molecule has 2 heterocycles. The maximum Gasteiger partial charge on any atom is 0.239 e. The summed E-state index contributed by atoms with van der Waals surface area (Å²) in [6, 6.07) is 0. The molecular formula is C16H21ClF2N4OS. The van der Waals surface area contributed by atoms with Crippen molar-refractivity contribution in [3.63, 3.8) is 0 Å². The van der Waals surface area contributed by atoms with E-state index in [0.29, 0.717) is 23.7 Å². The molecule has 1 aromatic heterocycles. The van der Waals surface area contributed by atoms with Gasteiger partial charge in [0.25, 0.3) is 0 Å². The predicted octanol–water partition coefficient (Wildman–Crippen LogP) is 3.98. The first-order valence-corrected chi connectivity index (χ1v) is 9.68. The molecule has 2 rings (SSSR count). The van der Waals surface area contributed by atoms with Crippen molar-refractivity contribution in [1.82, 2.24) is 9.78 Å². The molecule has 0 spiro atoms. The number of carbonyl (C=O) groups is 1. The van der Waals surface area contributed by atoms with Crippen LogP contribution in [-0.2, 0) is 4.79 Å². The van der Waals surface area contributed by atoms with E-state index < -0.39 is 6.43 Å². The maximum absolute atomic E-state index is 12.4. The lowest BCUT2D eigenvalue weighted by atomic mass is 10.3. The number of anilines is 1. The lowest BCUT2D eigenvalue weighted by Crippen LogP contribution is -2.30. The first kappa shape index (κ1) is 19.9. The number of thioether (sulfide) groups is 1. The number of amides is 1. The van der Waals surface area contributed by atoms with Crippen LogP contribution in [0.1, 0.15) is 26.2 Å². The summed E-state index contributed by atoms with van der Waals surface area (Å²) < 4.78 is 25.8. The van der Waals surface area contributed by atoms with Gasteiger partial charge in [-0.2, -0.15) is 16.9 Å². The van der Waals surface area contributed by atoms with Gasteiger partial charge in [0.05, 0.1) is 11.9 Å². The number of nitrogens with zero attached hydrogens (tertiary/aromatic N) is 4. The zero-order valence-electron chi connectivity index (χ0n) is 14.0. The molecule has 25 heavy (non-hydrogen) atoms. The van der Waals surface area contributed by atoms with E-state index >= 15 is 0 Å². The van der Waals surface area contributed by atoms with Crippen LogP contribution in [0.2, 0.25) is 5.15 Å². The first-order valence-electron chi connectivity index (χ1n) is 8.14. The number of carbonyl (C=O) groups excluding carboxylic acids is 1. The topological polar surface area (TPSA) is 50.5 Å². The van der Waals surface area contributed by atoms with Crippen molar-refractivity contribution in [1.29, 1.82) is 0 Å². The number of aliphatic imine (C=N–C) groups is 1. The Morgan fingerprint density at radius 2 is 2.28 bits per heavy atom. The lowest BCUT2D eigenvalue weighted by Gasteiger charge is -2.19. The summed E-state index contributed by atoms with van der Waals surface area (Å²) in [6.45, 7) is 3.07. The third-order valence-corrected chi connectivity index (χ3v) is 4.89. The van der Waals surface area contributed by atoms with Gasteiger partial charge in [0.1, 0.15) is 5.69 Å². The van der Waals surface area contributed by atoms with Gasteiger partial charge in [-0.3, -0.25) is 9.79 Å². The van der Waals surface area contributed by atoms with Gasteiger partial charge in [0, 0.05) is 37.9 Å². The van der Waals surface area contributed by atoms with Crippen molar-refractivity contribution in [2.24, 2.45) is 4.99 Å². The van der Waals surface area contributed by atoms with E-state index in [1.807, 2.05) is 13.0 Å². The zero-order chi connectivity index (χ0) is 18.2. The van der Waals surface area contributed by atoms with Gasteiger partial charge in [-0.05, 0) is 19.1 Å². The van der Waals surface area contributed by atoms with Gasteiger partial charge in [0.2, 0.25) is 12.3 Å². The summed E-state index contributed by atoms with van der Waals surface area (Å²) in [5.41, 5.74) is 1.37. The van der Waals surface area contributed by atoms with Crippen molar-refractivity contribution in [3.8, 4) is 0 Å². The summed E-state index contributed by atoms with van der Waals surface area (Å²) in [5.74, 6) is 0.759. The summed E-state index contributed by atoms with van der Waals surface area (Å²) in [6.07, 6.45) is 4.13. The molecule has 1 aliphatic heterocycles. The predicted molar refractivity (Wildman–Crippen MR) is 100 cm³/mol. The SMILES string of the molecule is CCN(C(=O)CCSCCC(F)F)c1cn(C2=CCCN=C2)nc1Cl. The highest BCUT2D eigenvalue weighted by Gasteiger charge is 2.20. The summed E-state index contributed by atoms with van der Waals surface area (Å²) in [7, 11) is 0. The van der Waals surface area contributed by atoms with E-state index in [2.05, 4.69) is 10.1 Å². The fourth-order valence-electron chi connectivity index (χ4n) is 2.36. The highest BCUT2D eigenvalue weighted by atomic mass is 35.5. The molecule has 0 radical (unpaired) electrons. The van der Waals surface area contributed by atoms with Crippen molar-refractivity contribution < 1.29 is 13.6 Å². The van der Waals surface area contributed by atoms with Crippen molar-refractivity contribution in [2.45, 2.75) is 32.6 Å². The number of allylic oxidation sites excluding steroid dienone is 1. The third-order valence-electron chi connectivity index (χ3n) is 3.60. The minimum absolute atomic E-state index is 0.0974. The van der Waals surface area contributed by atoms with Crippen LogP contribution in [0.25, 0.3) is 5.70 Å². The normalized spacial score (nSPS) is 14.0. The number of dihydropyridines is 1. The average Bonchev–Trinajstić information content (AvgIpc) is 2.97. The van der Waals surface area contributed by atoms with E-state index in [9.17, 15) is 13.6 Å². The van der Waals surface area contributed by atoms with Gasteiger partial charge in [-0.15, -0.1) is 0 Å². The average molecular weight is 391 g/mol. The molecule has 5 nitrogen and oxygen atoms in total. The molecule has 0 saturated carbocycles. The molecule has 1 aromatic rings. The Morgan fingerprint density at radius 3 is 2.92 bits per heavy atom. The largest absolute Gasteiger partial charge is 0.308 e. The molecule has 0 fully saturated rings. The smallest absolute Gasteiger partial charge is 0.239 e. The van der Waals surface area contributed by atoms with Gasteiger partial charge >= 0.3 is 0 Å². The summed E-state index contributed by atoms with van der Waals surface area (Å²) in [5, 5.41) is 4.51. The first-order chi connectivity index (χ1) is 12.0. The molecule has 1 amide bonds. The molecular weight excluding hydrogens is 370 g/mol. The maximum atomic E-state index is 12.4. The Bertz CT molecular complexity index is 648. The highest BCUT2D eigenvalue weighted by Crippen LogP contribution is 2.27. The van der Waals surface area contributed by atoms with Crippen LogP contribution in [0.15, 0.2) is 17.3 Å². The molecule has 0 unspecified atom stereocenters. The van der Waals surface area contributed by atoms with E-state index in [0.717, 1.165) is 18.7 Å². The number of aromatic nitrogens is 2. The molecule has 1 aliphatic rings. The van der Waals surface area contributed by atoms with E-state index in [1.165, 1.54) is 11.8 Å². The minimum Gasteiger partial charge on any atom is -0.308 e. The van der Waals surface area contributed by atoms with Crippen LogP contribution in [-0.4, -0.2) is 52.9 Å². The van der Waals surface area contributed by atoms with Crippen LogP contribution < -0.4 is 4.90 Å². The monoisotopic (exact) mass is 390 g/mol. The van der Waals surface area contributed by atoms with Crippen molar-refractivity contribution in [2.75, 3.05) is 29.5 Å². The van der Waals surface area contributed by atoms with E-state index in [4.69, 9.17) is 11.6 Å². The second-order valence-corrected chi connectivity index (χ2v) is 6.97. The molecule has 0 N–H and O–H groups in total. The number of hydrogen-bond donors (Lipinski definition) is 0. The standard InChI is InChI=1S/C16H21ClF2N4OS/c1-2-22(15(24)6-9-25-8-5-14(18)19)13-11-23(21-16(13)17)12-4-3-7-20-10-12/h4,10-11,14H,2-3,5-9H2,1H3. The third kappa shape index (κ3) is 5.81. The molecule has 0 bridgehead atoms. The fourth-order valence-corrected chi connectivity index (χ4v) is 3.46. The summed E-state index contributed by atoms with van der Waals surface area (Å²) in [4.78, 5) is 18.2.